The zero-order valence-electron chi connectivity index (χ0n) is 11.4. The van der Waals surface area contributed by atoms with Crippen LogP contribution in [0, 0.1) is 0 Å². The maximum Gasteiger partial charge on any atom is 0.315 e. The van der Waals surface area contributed by atoms with Crippen LogP contribution in [0.3, 0.4) is 0 Å². The Balaban J connectivity index is 2.30. The Morgan fingerprint density at radius 3 is 2.94 bits per heavy atom. The van der Waals surface area contributed by atoms with E-state index in [4.69, 9.17) is 4.74 Å². The fraction of sp³-hybridized carbons (Fsp3) is 0.533. The number of nitrogens with one attached hydrogen (secondary N) is 1. The van der Waals surface area contributed by atoms with Crippen molar-refractivity contribution in [2.75, 3.05) is 18.5 Å². The van der Waals surface area contributed by atoms with Crippen LogP contribution in [0.25, 0.3) is 0 Å². The summed E-state index contributed by atoms with van der Waals surface area (Å²) in [6.45, 7) is 7.14. The van der Waals surface area contributed by atoms with Crippen molar-refractivity contribution in [3.8, 4) is 0 Å². The van der Waals surface area contributed by atoms with Crippen molar-refractivity contribution < 1.29 is 9.53 Å². The van der Waals surface area contributed by atoms with E-state index in [0.717, 1.165) is 24.9 Å². The Labute approximate surface area is 109 Å². The van der Waals surface area contributed by atoms with Gasteiger partial charge in [0, 0.05) is 12.2 Å². The quantitative estimate of drug-likeness (QED) is 0.835. The van der Waals surface area contributed by atoms with Crippen LogP contribution in [0.4, 0.5) is 5.69 Å². The van der Waals surface area contributed by atoms with Gasteiger partial charge >= 0.3 is 5.97 Å². The molecule has 1 aromatic rings. The van der Waals surface area contributed by atoms with E-state index < -0.39 is 5.41 Å². The number of fused-ring (bicyclic) bond motifs is 1. The van der Waals surface area contributed by atoms with Gasteiger partial charge in [-0.15, -0.1) is 0 Å². The molecule has 0 bridgehead atoms. The van der Waals surface area contributed by atoms with Crippen molar-refractivity contribution >= 4 is 11.7 Å². The van der Waals surface area contributed by atoms with Crippen molar-refractivity contribution in [2.24, 2.45) is 0 Å². The van der Waals surface area contributed by atoms with Crippen LogP contribution in [0.15, 0.2) is 18.2 Å². The second kappa shape index (κ2) is 5.01. The van der Waals surface area contributed by atoms with Gasteiger partial charge in [0.2, 0.25) is 0 Å². The van der Waals surface area contributed by atoms with E-state index >= 15 is 0 Å². The number of hydrogen-bond donors (Lipinski definition) is 1. The number of hydrogen-bond acceptors (Lipinski definition) is 3. The summed E-state index contributed by atoms with van der Waals surface area (Å²) in [7, 11) is 0. The van der Waals surface area contributed by atoms with Crippen LogP contribution >= 0.6 is 0 Å². The molecule has 1 heterocycles. The highest BCUT2D eigenvalue weighted by atomic mass is 16.5. The summed E-state index contributed by atoms with van der Waals surface area (Å²) in [5, 5.41) is 3.38. The summed E-state index contributed by atoms with van der Waals surface area (Å²) in [4.78, 5) is 12.0. The summed E-state index contributed by atoms with van der Waals surface area (Å²) in [6, 6.07) is 6.23. The first-order valence-corrected chi connectivity index (χ1v) is 6.60. The number of ether oxygens (including phenoxy) is 1. The summed E-state index contributed by atoms with van der Waals surface area (Å²) in [5.74, 6) is -0.159. The zero-order chi connectivity index (χ0) is 13.2. The summed E-state index contributed by atoms with van der Waals surface area (Å²) in [5.41, 5.74) is 2.95. The molecule has 0 fully saturated rings. The number of aryl methyl sites for hydroxylation is 1. The van der Waals surface area contributed by atoms with E-state index in [9.17, 15) is 4.79 Å². The van der Waals surface area contributed by atoms with Gasteiger partial charge in [-0.2, -0.15) is 0 Å². The van der Waals surface area contributed by atoms with Crippen LogP contribution in [0.2, 0.25) is 0 Å². The first-order chi connectivity index (χ1) is 8.55. The van der Waals surface area contributed by atoms with E-state index in [0.29, 0.717) is 6.61 Å². The van der Waals surface area contributed by atoms with Gasteiger partial charge in [-0.3, -0.25) is 4.79 Å². The first kappa shape index (κ1) is 12.9. The van der Waals surface area contributed by atoms with Crippen LogP contribution in [-0.2, 0) is 21.4 Å². The van der Waals surface area contributed by atoms with Crippen molar-refractivity contribution in [1.29, 1.82) is 0 Å². The lowest BCUT2D eigenvalue weighted by molar-refractivity contribution is -0.148. The highest BCUT2D eigenvalue weighted by Crippen LogP contribution is 2.30. The lowest BCUT2D eigenvalue weighted by Crippen LogP contribution is -2.31. The molecular weight excluding hydrogens is 226 g/mol. The fourth-order valence-corrected chi connectivity index (χ4v) is 2.29. The molecule has 98 valence electrons. The van der Waals surface area contributed by atoms with E-state index in [1.807, 2.05) is 26.8 Å². The monoisotopic (exact) mass is 247 g/mol. The second-order valence-electron chi connectivity index (χ2n) is 5.25. The predicted octanol–water partition coefficient (Wildman–Crippen LogP) is 2.89. The van der Waals surface area contributed by atoms with Gasteiger partial charge in [0.25, 0.3) is 0 Å². The largest absolute Gasteiger partial charge is 0.465 e. The number of rotatable bonds is 3. The average Bonchev–Trinajstić information content (AvgIpc) is 2.38. The van der Waals surface area contributed by atoms with E-state index in [1.165, 1.54) is 11.3 Å². The Morgan fingerprint density at radius 2 is 2.22 bits per heavy atom. The highest BCUT2D eigenvalue weighted by Gasteiger charge is 2.31. The highest BCUT2D eigenvalue weighted by molar-refractivity contribution is 5.82. The van der Waals surface area contributed by atoms with Gasteiger partial charge in [0.15, 0.2) is 0 Å². The van der Waals surface area contributed by atoms with Gasteiger partial charge in [0.05, 0.1) is 12.0 Å². The van der Waals surface area contributed by atoms with E-state index in [1.54, 1.807) is 0 Å². The van der Waals surface area contributed by atoms with Crippen molar-refractivity contribution in [2.45, 2.75) is 39.0 Å². The molecule has 0 radical (unpaired) electrons. The standard InChI is InChI=1S/C15H21NO2/c1-4-18-14(17)15(2,3)12-7-8-13-11(10-12)6-5-9-16-13/h7-8,10,16H,4-6,9H2,1-3H3. The van der Waals surface area contributed by atoms with Gasteiger partial charge < -0.3 is 10.1 Å². The molecule has 1 N–H and O–H groups in total. The van der Waals surface area contributed by atoms with Crippen LogP contribution in [-0.4, -0.2) is 19.1 Å². The molecule has 0 atom stereocenters. The zero-order valence-corrected chi connectivity index (χ0v) is 11.4. The fourth-order valence-electron chi connectivity index (χ4n) is 2.29. The van der Waals surface area contributed by atoms with Crippen molar-refractivity contribution in [3.05, 3.63) is 29.3 Å². The molecule has 0 saturated carbocycles. The van der Waals surface area contributed by atoms with Gasteiger partial charge in [0.1, 0.15) is 0 Å². The Kier molecular flexibility index (Phi) is 3.60. The summed E-state index contributed by atoms with van der Waals surface area (Å²) < 4.78 is 5.15. The minimum absolute atomic E-state index is 0.159. The predicted molar refractivity (Wildman–Crippen MR) is 72.9 cm³/mol. The lowest BCUT2D eigenvalue weighted by Gasteiger charge is -2.26. The molecule has 3 heteroatoms. The third-order valence-corrected chi connectivity index (χ3v) is 3.55. The normalized spacial score (nSPS) is 14.6. The van der Waals surface area contributed by atoms with Crippen LogP contribution in [0.1, 0.15) is 38.3 Å². The van der Waals surface area contributed by atoms with Gasteiger partial charge in [-0.25, -0.2) is 0 Å². The topological polar surface area (TPSA) is 38.3 Å². The molecule has 1 aliphatic rings. The minimum atomic E-state index is -0.581. The number of anilines is 1. The van der Waals surface area contributed by atoms with Gasteiger partial charge in [-0.05, 0) is 50.8 Å². The number of carbonyl (C=O) groups is 1. The molecule has 0 amide bonds. The maximum atomic E-state index is 12.0. The number of benzene rings is 1. The van der Waals surface area contributed by atoms with Crippen molar-refractivity contribution in [3.63, 3.8) is 0 Å². The first-order valence-electron chi connectivity index (χ1n) is 6.60. The molecule has 0 saturated heterocycles. The van der Waals surface area contributed by atoms with Gasteiger partial charge in [-0.1, -0.05) is 12.1 Å². The van der Waals surface area contributed by atoms with E-state index in [2.05, 4.69) is 17.4 Å². The molecule has 18 heavy (non-hydrogen) atoms. The summed E-state index contributed by atoms with van der Waals surface area (Å²) >= 11 is 0. The Hall–Kier alpha value is -1.51. The van der Waals surface area contributed by atoms with Crippen LogP contribution in [0.5, 0.6) is 0 Å². The molecule has 0 unspecified atom stereocenters. The number of esters is 1. The Morgan fingerprint density at radius 1 is 1.44 bits per heavy atom. The lowest BCUT2D eigenvalue weighted by atomic mass is 9.83. The molecule has 1 aliphatic heterocycles. The number of carbonyl (C=O) groups excluding carboxylic acids is 1. The molecule has 2 rings (SSSR count). The minimum Gasteiger partial charge on any atom is -0.465 e. The molecule has 0 aliphatic carbocycles. The van der Waals surface area contributed by atoms with E-state index in [-0.39, 0.29) is 5.97 Å². The maximum absolute atomic E-state index is 12.0. The Bertz CT molecular complexity index is 452. The van der Waals surface area contributed by atoms with Crippen molar-refractivity contribution in [1.82, 2.24) is 0 Å². The molecule has 3 nitrogen and oxygen atoms in total. The third-order valence-electron chi connectivity index (χ3n) is 3.55. The molecule has 1 aromatic carbocycles. The second-order valence-corrected chi connectivity index (χ2v) is 5.25. The summed E-state index contributed by atoms with van der Waals surface area (Å²) in [6.07, 6.45) is 2.23. The smallest absolute Gasteiger partial charge is 0.315 e. The molecular formula is C15H21NO2. The van der Waals surface area contributed by atoms with Crippen LogP contribution < -0.4 is 5.32 Å². The SMILES string of the molecule is CCOC(=O)C(C)(C)c1ccc2c(c1)CCCN2. The average molecular weight is 247 g/mol. The molecule has 0 aromatic heterocycles. The third kappa shape index (κ3) is 2.35. The molecule has 0 spiro atoms.